The van der Waals surface area contributed by atoms with Gasteiger partial charge in [-0.25, -0.2) is 4.39 Å². The van der Waals surface area contributed by atoms with E-state index >= 15 is 0 Å². The standard InChI is InChI=1S/C19H23FN2O4/c20-16-7-5-14(6-8-16)19(25)22-9-1-2-15(11-22)18(24)21-10-17(23)26-12-13-3-4-13/h5-8,13,15H,1-4,9-12H2,(H,21,24). The number of halogens is 1. The van der Waals surface area contributed by atoms with Crippen LogP contribution >= 0.6 is 0 Å². The van der Waals surface area contributed by atoms with Crippen LogP contribution in [0.1, 0.15) is 36.0 Å². The van der Waals surface area contributed by atoms with Crippen molar-refractivity contribution in [3.63, 3.8) is 0 Å². The third kappa shape index (κ3) is 5.03. The molecule has 1 aromatic carbocycles. The van der Waals surface area contributed by atoms with Gasteiger partial charge in [0.05, 0.1) is 12.5 Å². The zero-order valence-corrected chi connectivity index (χ0v) is 14.6. The largest absolute Gasteiger partial charge is 0.464 e. The molecule has 0 aromatic heterocycles. The van der Waals surface area contributed by atoms with E-state index in [4.69, 9.17) is 4.74 Å². The second-order valence-corrected chi connectivity index (χ2v) is 6.94. The molecule has 0 bridgehead atoms. The van der Waals surface area contributed by atoms with Gasteiger partial charge in [-0.2, -0.15) is 0 Å². The zero-order chi connectivity index (χ0) is 18.5. The van der Waals surface area contributed by atoms with E-state index in [9.17, 15) is 18.8 Å². The second kappa shape index (κ2) is 8.29. The van der Waals surface area contributed by atoms with E-state index in [1.165, 1.54) is 24.3 Å². The van der Waals surface area contributed by atoms with Gasteiger partial charge in [-0.1, -0.05) is 0 Å². The van der Waals surface area contributed by atoms with Gasteiger partial charge in [-0.3, -0.25) is 14.4 Å². The third-order valence-corrected chi connectivity index (χ3v) is 4.75. The summed E-state index contributed by atoms with van der Waals surface area (Å²) in [5, 5.41) is 2.60. The molecule has 1 aromatic rings. The summed E-state index contributed by atoms with van der Waals surface area (Å²) in [4.78, 5) is 38.0. The smallest absolute Gasteiger partial charge is 0.325 e. The Labute approximate surface area is 151 Å². The van der Waals surface area contributed by atoms with Crippen LogP contribution in [0.4, 0.5) is 4.39 Å². The highest BCUT2D eigenvalue weighted by Crippen LogP contribution is 2.28. The Morgan fingerprint density at radius 3 is 2.58 bits per heavy atom. The molecule has 3 rings (SSSR count). The van der Waals surface area contributed by atoms with Gasteiger partial charge in [-0.05, 0) is 55.9 Å². The van der Waals surface area contributed by atoms with Crippen LogP contribution in [0.3, 0.4) is 0 Å². The third-order valence-electron chi connectivity index (χ3n) is 4.75. The van der Waals surface area contributed by atoms with Crippen LogP contribution in [0.5, 0.6) is 0 Å². The predicted molar refractivity (Wildman–Crippen MR) is 91.7 cm³/mol. The van der Waals surface area contributed by atoms with E-state index in [1.54, 1.807) is 4.90 Å². The van der Waals surface area contributed by atoms with Gasteiger partial charge in [0, 0.05) is 18.7 Å². The topological polar surface area (TPSA) is 75.7 Å². The SMILES string of the molecule is O=C(CNC(=O)C1CCCN(C(=O)c2ccc(F)cc2)C1)OCC1CC1. The monoisotopic (exact) mass is 362 g/mol. The predicted octanol–water partition coefficient (Wildman–Crippen LogP) is 1.75. The number of nitrogens with zero attached hydrogens (tertiary/aromatic N) is 1. The summed E-state index contributed by atoms with van der Waals surface area (Å²) < 4.78 is 18.1. The molecule has 7 heteroatoms. The molecule has 1 aliphatic carbocycles. The molecule has 1 saturated heterocycles. The number of hydrogen-bond acceptors (Lipinski definition) is 4. The Balaban J connectivity index is 1.47. The molecule has 0 spiro atoms. The van der Waals surface area contributed by atoms with E-state index in [0.29, 0.717) is 44.0 Å². The van der Waals surface area contributed by atoms with Gasteiger partial charge in [0.25, 0.3) is 5.91 Å². The average Bonchev–Trinajstić information content (AvgIpc) is 3.49. The molecule has 2 fully saturated rings. The maximum Gasteiger partial charge on any atom is 0.325 e. The minimum absolute atomic E-state index is 0.145. The molecule has 1 atom stereocenters. The molecular weight excluding hydrogens is 339 g/mol. The Kier molecular flexibility index (Phi) is 5.85. The molecule has 1 heterocycles. The molecule has 6 nitrogen and oxygen atoms in total. The van der Waals surface area contributed by atoms with Crippen LogP contribution in [-0.2, 0) is 14.3 Å². The molecule has 1 N–H and O–H groups in total. The van der Waals surface area contributed by atoms with Gasteiger partial charge in [-0.15, -0.1) is 0 Å². The minimum Gasteiger partial charge on any atom is -0.464 e. The Morgan fingerprint density at radius 2 is 1.88 bits per heavy atom. The lowest BCUT2D eigenvalue weighted by Gasteiger charge is -2.32. The molecule has 2 aliphatic rings. The molecular formula is C19H23FN2O4. The van der Waals surface area contributed by atoms with Crippen LogP contribution < -0.4 is 5.32 Å². The van der Waals surface area contributed by atoms with Crippen molar-refractivity contribution in [2.45, 2.75) is 25.7 Å². The molecule has 1 aliphatic heterocycles. The molecule has 1 saturated carbocycles. The number of carbonyl (C=O) groups excluding carboxylic acids is 3. The van der Waals surface area contributed by atoms with Crippen molar-refractivity contribution in [1.29, 1.82) is 0 Å². The van der Waals surface area contributed by atoms with Gasteiger partial charge >= 0.3 is 5.97 Å². The molecule has 1 unspecified atom stereocenters. The summed E-state index contributed by atoms with van der Waals surface area (Å²) in [6.07, 6.45) is 3.56. The highest BCUT2D eigenvalue weighted by atomic mass is 19.1. The number of piperidine rings is 1. The summed E-state index contributed by atoms with van der Waals surface area (Å²) in [7, 11) is 0. The van der Waals surface area contributed by atoms with Crippen molar-refractivity contribution >= 4 is 17.8 Å². The van der Waals surface area contributed by atoms with Crippen molar-refractivity contribution in [2.75, 3.05) is 26.2 Å². The van der Waals surface area contributed by atoms with Crippen molar-refractivity contribution < 1.29 is 23.5 Å². The second-order valence-electron chi connectivity index (χ2n) is 6.94. The fraction of sp³-hybridized carbons (Fsp3) is 0.526. The van der Waals surface area contributed by atoms with Gasteiger partial charge in [0.2, 0.25) is 5.91 Å². The summed E-state index contributed by atoms with van der Waals surface area (Å²) in [5.74, 6) is -1.16. The number of hydrogen-bond donors (Lipinski definition) is 1. The highest BCUT2D eigenvalue weighted by Gasteiger charge is 2.29. The summed E-state index contributed by atoms with van der Waals surface area (Å²) >= 11 is 0. The fourth-order valence-electron chi connectivity index (χ4n) is 3.00. The summed E-state index contributed by atoms with van der Waals surface area (Å²) in [5.41, 5.74) is 0.399. The first-order valence-electron chi connectivity index (χ1n) is 9.01. The lowest BCUT2D eigenvalue weighted by molar-refractivity contribution is -0.144. The van der Waals surface area contributed by atoms with Crippen LogP contribution in [0, 0.1) is 17.7 Å². The summed E-state index contributed by atoms with van der Waals surface area (Å²) in [6, 6.07) is 5.37. The van der Waals surface area contributed by atoms with Crippen LogP contribution in [-0.4, -0.2) is 48.9 Å². The fourth-order valence-corrected chi connectivity index (χ4v) is 3.00. The van der Waals surface area contributed by atoms with Crippen LogP contribution in [0.2, 0.25) is 0 Å². The number of likely N-dealkylation sites (tertiary alicyclic amines) is 1. The first-order chi connectivity index (χ1) is 12.5. The number of carbonyl (C=O) groups is 3. The average molecular weight is 362 g/mol. The number of ether oxygens (including phenoxy) is 1. The lowest BCUT2D eigenvalue weighted by atomic mass is 9.96. The van der Waals surface area contributed by atoms with E-state index in [0.717, 1.165) is 12.8 Å². The van der Waals surface area contributed by atoms with Crippen LogP contribution in [0.25, 0.3) is 0 Å². The molecule has 0 radical (unpaired) electrons. The maximum absolute atomic E-state index is 13.0. The van der Waals surface area contributed by atoms with Gasteiger partial charge in [0.1, 0.15) is 12.4 Å². The number of benzene rings is 1. The van der Waals surface area contributed by atoms with Crippen molar-refractivity contribution in [3.05, 3.63) is 35.6 Å². The number of nitrogens with one attached hydrogen (secondary N) is 1. The van der Waals surface area contributed by atoms with E-state index in [2.05, 4.69) is 5.32 Å². The van der Waals surface area contributed by atoms with E-state index in [-0.39, 0.29) is 24.3 Å². The van der Waals surface area contributed by atoms with E-state index < -0.39 is 11.8 Å². The molecule has 2 amide bonds. The highest BCUT2D eigenvalue weighted by molar-refractivity contribution is 5.94. The molecule has 26 heavy (non-hydrogen) atoms. The number of amides is 2. The number of rotatable bonds is 6. The number of esters is 1. The minimum atomic E-state index is -0.430. The van der Waals surface area contributed by atoms with Crippen molar-refractivity contribution in [2.24, 2.45) is 11.8 Å². The van der Waals surface area contributed by atoms with Crippen molar-refractivity contribution in [1.82, 2.24) is 10.2 Å². The normalized spacial score (nSPS) is 19.7. The Hall–Kier alpha value is -2.44. The first kappa shape index (κ1) is 18.4. The van der Waals surface area contributed by atoms with E-state index in [1.807, 2.05) is 0 Å². The van der Waals surface area contributed by atoms with Crippen molar-refractivity contribution in [3.8, 4) is 0 Å². The first-order valence-corrected chi connectivity index (χ1v) is 9.01. The Bertz CT molecular complexity index is 673. The quantitative estimate of drug-likeness (QED) is 0.783. The maximum atomic E-state index is 13.0. The Morgan fingerprint density at radius 1 is 1.15 bits per heavy atom. The lowest BCUT2D eigenvalue weighted by Crippen LogP contribution is -2.46. The molecule has 140 valence electrons. The van der Waals surface area contributed by atoms with Gasteiger partial charge in [0.15, 0.2) is 0 Å². The zero-order valence-electron chi connectivity index (χ0n) is 14.6. The summed E-state index contributed by atoms with van der Waals surface area (Å²) in [6.45, 7) is 1.13. The van der Waals surface area contributed by atoms with Gasteiger partial charge < -0.3 is 15.0 Å². The van der Waals surface area contributed by atoms with Crippen LogP contribution in [0.15, 0.2) is 24.3 Å².